The van der Waals surface area contributed by atoms with Crippen molar-refractivity contribution in [3.63, 3.8) is 0 Å². The number of aliphatic hydroxyl groups excluding tert-OH is 1. The van der Waals surface area contributed by atoms with Crippen molar-refractivity contribution < 1.29 is 9.84 Å². The monoisotopic (exact) mass is 205 g/mol. The third-order valence-electron chi connectivity index (χ3n) is 2.31. The molecule has 0 amide bonds. The van der Waals surface area contributed by atoms with Crippen LogP contribution >= 0.6 is 0 Å². The molecule has 2 unspecified atom stereocenters. The van der Waals surface area contributed by atoms with Crippen LogP contribution in [0.5, 0.6) is 5.75 Å². The van der Waals surface area contributed by atoms with E-state index in [1.807, 2.05) is 13.0 Å². The van der Waals surface area contributed by atoms with Crippen molar-refractivity contribution in [3.05, 3.63) is 29.3 Å². The number of ether oxygens (including phenoxy) is 1. The number of hydrogen-bond donors (Lipinski definition) is 1. The minimum Gasteiger partial charge on any atom is -0.488 e. The molecule has 0 bridgehead atoms. The van der Waals surface area contributed by atoms with Crippen LogP contribution in [0.15, 0.2) is 18.2 Å². The molecule has 1 aromatic rings. The zero-order chi connectivity index (χ0) is 11.4. The quantitative estimate of drug-likeness (QED) is 0.821. The van der Waals surface area contributed by atoms with Gasteiger partial charge in [-0.25, -0.2) is 0 Å². The van der Waals surface area contributed by atoms with Gasteiger partial charge >= 0.3 is 0 Å². The summed E-state index contributed by atoms with van der Waals surface area (Å²) in [6, 6.07) is 7.32. The van der Waals surface area contributed by atoms with E-state index in [0.29, 0.717) is 11.3 Å². The molecule has 80 valence electrons. The summed E-state index contributed by atoms with van der Waals surface area (Å²) in [6.07, 6.45) is -0.812. The van der Waals surface area contributed by atoms with Crippen molar-refractivity contribution in [2.75, 3.05) is 0 Å². The summed E-state index contributed by atoms with van der Waals surface area (Å²) in [7, 11) is 0. The van der Waals surface area contributed by atoms with Crippen LogP contribution in [0, 0.1) is 18.3 Å². The number of nitriles is 1. The Kier molecular flexibility index (Phi) is 3.70. The lowest BCUT2D eigenvalue weighted by atomic mass is 10.1. The molecule has 0 saturated carbocycles. The first-order chi connectivity index (χ1) is 7.04. The Balaban J connectivity index is 2.89. The first kappa shape index (κ1) is 11.5. The molecule has 0 saturated heterocycles. The maximum Gasteiger partial charge on any atom is 0.124 e. The number of aliphatic hydroxyl groups is 1. The van der Waals surface area contributed by atoms with Gasteiger partial charge in [0.15, 0.2) is 0 Å². The Hall–Kier alpha value is -1.53. The van der Waals surface area contributed by atoms with Crippen molar-refractivity contribution in [2.24, 2.45) is 0 Å². The fraction of sp³-hybridized carbons (Fsp3) is 0.417. The highest BCUT2D eigenvalue weighted by molar-refractivity contribution is 5.41. The Morgan fingerprint density at radius 1 is 1.40 bits per heavy atom. The largest absolute Gasteiger partial charge is 0.488 e. The summed E-state index contributed by atoms with van der Waals surface area (Å²) >= 11 is 0. The van der Waals surface area contributed by atoms with Gasteiger partial charge in [-0.3, -0.25) is 0 Å². The van der Waals surface area contributed by atoms with Gasteiger partial charge in [-0.05, 0) is 38.5 Å². The predicted molar refractivity (Wildman–Crippen MR) is 57.7 cm³/mol. The van der Waals surface area contributed by atoms with E-state index in [1.165, 1.54) is 0 Å². The Morgan fingerprint density at radius 2 is 2.07 bits per heavy atom. The standard InChI is InChI=1S/C12H15NO2/c1-8-4-5-11(7-13)6-12(8)15-10(3)9(2)14/h4-6,9-10,14H,1-3H3. The SMILES string of the molecule is Cc1ccc(C#N)cc1OC(C)C(C)O. The molecule has 0 aliphatic carbocycles. The van der Waals surface area contributed by atoms with Gasteiger partial charge in [-0.1, -0.05) is 6.07 Å². The molecule has 0 heterocycles. The number of rotatable bonds is 3. The summed E-state index contributed by atoms with van der Waals surface area (Å²) in [5.74, 6) is 0.655. The van der Waals surface area contributed by atoms with E-state index in [0.717, 1.165) is 5.56 Å². The lowest BCUT2D eigenvalue weighted by Gasteiger charge is -2.18. The lowest BCUT2D eigenvalue weighted by Crippen LogP contribution is -2.25. The highest BCUT2D eigenvalue weighted by Gasteiger charge is 2.11. The van der Waals surface area contributed by atoms with Gasteiger partial charge in [0.2, 0.25) is 0 Å². The molecule has 3 heteroatoms. The number of hydrogen-bond acceptors (Lipinski definition) is 3. The van der Waals surface area contributed by atoms with Crippen LogP contribution in [-0.2, 0) is 0 Å². The minimum absolute atomic E-state index is 0.280. The molecule has 1 rings (SSSR count). The second-order valence-corrected chi connectivity index (χ2v) is 3.66. The van der Waals surface area contributed by atoms with E-state index in [2.05, 4.69) is 6.07 Å². The molecular weight excluding hydrogens is 190 g/mol. The fourth-order valence-electron chi connectivity index (χ4n) is 1.10. The van der Waals surface area contributed by atoms with E-state index in [-0.39, 0.29) is 6.10 Å². The second kappa shape index (κ2) is 4.81. The lowest BCUT2D eigenvalue weighted by molar-refractivity contribution is 0.0600. The van der Waals surface area contributed by atoms with E-state index < -0.39 is 6.10 Å². The maximum absolute atomic E-state index is 9.31. The summed E-state index contributed by atoms with van der Waals surface area (Å²) in [6.45, 7) is 5.38. The van der Waals surface area contributed by atoms with Gasteiger partial charge in [0.1, 0.15) is 11.9 Å². The third kappa shape index (κ3) is 2.97. The average molecular weight is 205 g/mol. The fourth-order valence-corrected chi connectivity index (χ4v) is 1.10. The zero-order valence-electron chi connectivity index (χ0n) is 9.19. The van der Waals surface area contributed by atoms with Crippen molar-refractivity contribution in [1.29, 1.82) is 5.26 Å². The molecular formula is C12H15NO2. The van der Waals surface area contributed by atoms with Crippen molar-refractivity contribution in [3.8, 4) is 11.8 Å². The van der Waals surface area contributed by atoms with Gasteiger partial charge in [-0.15, -0.1) is 0 Å². The smallest absolute Gasteiger partial charge is 0.124 e. The van der Waals surface area contributed by atoms with Gasteiger partial charge < -0.3 is 9.84 Å². The molecule has 0 radical (unpaired) electrons. The van der Waals surface area contributed by atoms with Crippen LogP contribution in [0.25, 0.3) is 0 Å². The first-order valence-electron chi connectivity index (χ1n) is 4.90. The normalized spacial score (nSPS) is 14.1. The summed E-state index contributed by atoms with van der Waals surface area (Å²) in [5, 5.41) is 18.1. The highest BCUT2D eigenvalue weighted by Crippen LogP contribution is 2.21. The van der Waals surface area contributed by atoms with Gasteiger partial charge in [-0.2, -0.15) is 5.26 Å². The zero-order valence-corrected chi connectivity index (χ0v) is 9.19. The highest BCUT2D eigenvalue weighted by atomic mass is 16.5. The molecule has 15 heavy (non-hydrogen) atoms. The van der Waals surface area contributed by atoms with Gasteiger partial charge in [0.05, 0.1) is 17.7 Å². The third-order valence-corrected chi connectivity index (χ3v) is 2.31. The molecule has 0 aliphatic heterocycles. The van der Waals surface area contributed by atoms with Crippen LogP contribution < -0.4 is 4.74 Å². The second-order valence-electron chi connectivity index (χ2n) is 3.66. The Morgan fingerprint density at radius 3 is 2.60 bits per heavy atom. The van der Waals surface area contributed by atoms with Crippen LogP contribution in [0.4, 0.5) is 0 Å². The van der Waals surface area contributed by atoms with Crippen LogP contribution in [0.2, 0.25) is 0 Å². The summed E-state index contributed by atoms with van der Waals surface area (Å²) in [5.41, 5.74) is 1.52. The van der Waals surface area contributed by atoms with Crippen LogP contribution in [-0.4, -0.2) is 17.3 Å². The minimum atomic E-state index is -0.532. The molecule has 0 spiro atoms. The van der Waals surface area contributed by atoms with Crippen molar-refractivity contribution in [2.45, 2.75) is 33.0 Å². The Bertz CT molecular complexity index is 380. The predicted octanol–water partition coefficient (Wildman–Crippen LogP) is 2.01. The summed E-state index contributed by atoms with van der Waals surface area (Å²) in [4.78, 5) is 0. The van der Waals surface area contributed by atoms with Crippen LogP contribution in [0.1, 0.15) is 25.0 Å². The van der Waals surface area contributed by atoms with E-state index in [4.69, 9.17) is 10.00 Å². The first-order valence-corrected chi connectivity index (χ1v) is 4.90. The molecule has 0 aliphatic rings. The van der Waals surface area contributed by atoms with Crippen LogP contribution in [0.3, 0.4) is 0 Å². The topological polar surface area (TPSA) is 53.2 Å². The van der Waals surface area contributed by atoms with Gasteiger partial charge in [0, 0.05) is 0 Å². The molecule has 1 N–H and O–H groups in total. The summed E-state index contributed by atoms with van der Waals surface area (Å²) < 4.78 is 5.55. The van der Waals surface area contributed by atoms with E-state index >= 15 is 0 Å². The number of aryl methyl sites for hydroxylation is 1. The van der Waals surface area contributed by atoms with Crippen molar-refractivity contribution in [1.82, 2.24) is 0 Å². The van der Waals surface area contributed by atoms with E-state index in [9.17, 15) is 5.11 Å². The average Bonchev–Trinajstić information content (AvgIpc) is 2.21. The molecule has 2 atom stereocenters. The molecule has 0 fully saturated rings. The number of benzene rings is 1. The molecule has 0 aromatic heterocycles. The molecule has 3 nitrogen and oxygen atoms in total. The maximum atomic E-state index is 9.31. The van der Waals surface area contributed by atoms with Crippen molar-refractivity contribution >= 4 is 0 Å². The van der Waals surface area contributed by atoms with E-state index in [1.54, 1.807) is 26.0 Å². The Labute approximate surface area is 89.9 Å². The number of nitrogens with zero attached hydrogens (tertiary/aromatic N) is 1. The van der Waals surface area contributed by atoms with Gasteiger partial charge in [0.25, 0.3) is 0 Å². The molecule has 1 aromatic carbocycles.